The van der Waals surface area contributed by atoms with Crippen LogP contribution in [0.5, 0.6) is 5.75 Å². The fourth-order valence-corrected chi connectivity index (χ4v) is 4.08. The van der Waals surface area contributed by atoms with Crippen LogP contribution in [0.25, 0.3) is 11.1 Å². The summed E-state index contributed by atoms with van der Waals surface area (Å²) in [6.45, 7) is 1.50. The van der Waals surface area contributed by atoms with Gasteiger partial charge in [0.1, 0.15) is 5.75 Å². The summed E-state index contributed by atoms with van der Waals surface area (Å²) in [4.78, 5) is 17.5. The number of hydrogen-bond acceptors (Lipinski definition) is 3. The van der Waals surface area contributed by atoms with E-state index >= 15 is 0 Å². The molecule has 3 rings (SSSR count). The number of nitrogens with zero attached hydrogens (tertiary/aromatic N) is 2. The van der Waals surface area contributed by atoms with Crippen molar-refractivity contribution in [1.82, 2.24) is 4.90 Å². The Morgan fingerprint density at radius 3 is 2.34 bits per heavy atom. The van der Waals surface area contributed by atoms with Crippen molar-refractivity contribution in [2.75, 3.05) is 39.2 Å². The maximum Gasteiger partial charge on any atom is 0.230 e. The molecule has 0 saturated heterocycles. The Kier molecular flexibility index (Phi) is 7.57. The molecule has 0 N–H and O–H groups in total. The first-order valence-corrected chi connectivity index (χ1v) is 10.8. The number of rotatable bonds is 7. The van der Waals surface area contributed by atoms with Gasteiger partial charge in [0.05, 0.1) is 7.11 Å². The highest BCUT2D eigenvalue weighted by Crippen LogP contribution is 2.35. The number of hydrogen-bond donors (Lipinski definition) is 0. The van der Waals surface area contributed by atoms with Crippen LogP contribution in [0.4, 0.5) is 5.69 Å². The van der Waals surface area contributed by atoms with Crippen molar-refractivity contribution in [2.24, 2.45) is 5.92 Å². The maximum atomic E-state index is 13.4. The van der Waals surface area contributed by atoms with E-state index in [1.807, 2.05) is 55.4 Å². The molecule has 0 heterocycles. The van der Waals surface area contributed by atoms with E-state index in [9.17, 15) is 4.79 Å². The van der Waals surface area contributed by atoms with Gasteiger partial charge in [0.15, 0.2) is 0 Å². The van der Waals surface area contributed by atoms with Crippen molar-refractivity contribution in [2.45, 2.75) is 32.1 Å². The van der Waals surface area contributed by atoms with Crippen LogP contribution in [0, 0.1) is 5.92 Å². The SMILES string of the molecule is COc1ccc(N(CCN(C)C)C(=O)C2CCCCC2)cc1-c1ccc(Cl)cc1. The Morgan fingerprint density at radius 1 is 1.03 bits per heavy atom. The lowest BCUT2D eigenvalue weighted by Crippen LogP contribution is -2.41. The molecular weight excluding hydrogens is 384 g/mol. The molecule has 0 radical (unpaired) electrons. The number of benzene rings is 2. The third kappa shape index (κ3) is 5.52. The van der Waals surface area contributed by atoms with Crippen molar-refractivity contribution < 1.29 is 9.53 Å². The van der Waals surface area contributed by atoms with E-state index in [1.165, 1.54) is 6.42 Å². The molecule has 1 amide bonds. The minimum absolute atomic E-state index is 0.131. The molecule has 0 aromatic heterocycles. The summed E-state index contributed by atoms with van der Waals surface area (Å²) in [5, 5.41) is 0.698. The van der Waals surface area contributed by atoms with Crippen molar-refractivity contribution in [3.05, 3.63) is 47.5 Å². The molecule has 2 aromatic rings. The van der Waals surface area contributed by atoms with Crippen LogP contribution >= 0.6 is 11.6 Å². The Hall–Kier alpha value is -2.04. The van der Waals surface area contributed by atoms with Crippen LogP contribution in [-0.2, 0) is 4.79 Å². The lowest BCUT2D eigenvalue weighted by atomic mass is 9.88. The molecule has 29 heavy (non-hydrogen) atoms. The molecule has 0 atom stereocenters. The van der Waals surface area contributed by atoms with Crippen molar-refractivity contribution >= 4 is 23.2 Å². The second-order valence-corrected chi connectivity index (χ2v) is 8.46. The summed E-state index contributed by atoms with van der Waals surface area (Å²) in [6.07, 6.45) is 5.53. The Balaban J connectivity index is 1.96. The fraction of sp³-hybridized carbons (Fsp3) is 0.458. The topological polar surface area (TPSA) is 32.8 Å². The van der Waals surface area contributed by atoms with Gasteiger partial charge < -0.3 is 14.5 Å². The van der Waals surface area contributed by atoms with Gasteiger partial charge in [0.25, 0.3) is 0 Å². The van der Waals surface area contributed by atoms with Gasteiger partial charge in [-0.15, -0.1) is 0 Å². The standard InChI is InChI=1S/C24H31ClN2O2/c1-26(2)15-16-27(24(28)19-7-5-4-6-8-19)21-13-14-23(29-3)22(17-21)18-9-11-20(25)12-10-18/h9-14,17,19H,4-8,15-16H2,1-3H3. The van der Waals surface area contributed by atoms with E-state index in [1.54, 1.807) is 7.11 Å². The smallest absolute Gasteiger partial charge is 0.230 e. The summed E-state index contributed by atoms with van der Waals surface area (Å²) >= 11 is 6.06. The van der Waals surface area contributed by atoms with Gasteiger partial charge >= 0.3 is 0 Å². The molecule has 1 fully saturated rings. The third-order valence-corrected chi connectivity index (χ3v) is 5.89. The molecule has 1 aliphatic carbocycles. The summed E-state index contributed by atoms with van der Waals surface area (Å²) < 4.78 is 5.60. The van der Waals surface area contributed by atoms with Crippen LogP contribution in [0.15, 0.2) is 42.5 Å². The van der Waals surface area contributed by atoms with Gasteiger partial charge in [0, 0.05) is 35.3 Å². The zero-order valence-corrected chi connectivity index (χ0v) is 18.4. The average Bonchev–Trinajstić information content (AvgIpc) is 2.74. The van der Waals surface area contributed by atoms with E-state index in [-0.39, 0.29) is 11.8 Å². The lowest BCUT2D eigenvalue weighted by Gasteiger charge is -2.31. The van der Waals surface area contributed by atoms with E-state index in [0.717, 1.165) is 54.8 Å². The molecule has 156 valence electrons. The Labute approximate surface area is 179 Å². The van der Waals surface area contributed by atoms with Gasteiger partial charge in [-0.05, 0) is 62.8 Å². The lowest BCUT2D eigenvalue weighted by molar-refractivity contribution is -0.123. The molecule has 0 aliphatic heterocycles. The zero-order valence-electron chi connectivity index (χ0n) is 17.7. The summed E-state index contributed by atoms with van der Waals surface area (Å²) in [5.41, 5.74) is 2.91. The van der Waals surface area contributed by atoms with Crippen LogP contribution in [0.2, 0.25) is 5.02 Å². The molecule has 4 nitrogen and oxygen atoms in total. The number of methoxy groups -OCH3 is 1. The molecule has 5 heteroatoms. The maximum absolute atomic E-state index is 13.4. The number of ether oxygens (including phenoxy) is 1. The first-order valence-electron chi connectivity index (χ1n) is 10.4. The van der Waals surface area contributed by atoms with Crippen LogP contribution < -0.4 is 9.64 Å². The van der Waals surface area contributed by atoms with Gasteiger partial charge in [-0.3, -0.25) is 4.79 Å². The monoisotopic (exact) mass is 414 g/mol. The first-order chi connectivity index (χ1) is 14.0. The first kappa shape index (κ1) is 21.7. The second kappa shape index (κ2) is 10.1. The number of carbonyl (C=O) groups is 1. The van der Waals surface area contributed by atoms with E-state index in [4.69, 9.17) is 16.3 Å². The van der Waals surface area contributed by atoms with Gasteiger partial charge in [-0.1, -0.05) is 43.0 Å². The normalized spacial score (nSPS) is 14.8. The van der Waals surface area contributed by atoms with Crippen LogP contribution in [0.1, 0.15) is 32.1 Å². The summed E-state index contributed by atoms with van der Waals surface area (Å²) in [5.74, 6) is 1.17. The predicted molar refractivity (Wildman–Crippen MR) is 121 cm³/mol. The summed E-state index contributed by atoms with van der Waals surface area (Å²) in [6, 6.07) is 13.7. The average molecular weight is 415 g/mol. The number of halogens is 1. The highest BCUT2D eigenvalue weighted by molar-refractivity contribution is 6.30. The predicted octanol–water partition coefficient (Wildman–Crippen LogP) is 5.49. The molecule has 1 saturated carbocycles. The zero-order chi connectivity index (χ0) is 20.8. The highest BCUT2D eigenvalue weighted by Gasteiger charge is 2.27. The molecule has 2 aromatic carbocycles. The second-order valence-electron chi connectivity index (χ2n) is 8.02. The number of anilines is 1. The Bertz CT molecular complexity index is 814. The van der Waals surface area contributed by atoms with Gasteiger partial charge in [-0.2, -0.15) is 0 Å². The molecule has 0 spiro atoms. The largest absolute Gasteiger partial charge is 0.496 e. The van der Waals surface area contributed by atoms with Crippen LogP contribution in [-0.4, -0.2) is 45.1 Å². The minimum Gasteiger partial charge on any atom is -0.496 e. The molecule has 0 bridgehead atoms. The number of carbonyl (C=O) groups excluding carboxylic acids is 1. The van der Waals surface area contributed by atoms with Gasteiger partial charge in [0.2, 0.25) is 5.91 Å². The van der Waals surface area contributed by atoms with Crippen molar-refractivity contribution in [1.29, 1.82) is 0 Å². The molecule has 1 aliphatic rings. The highest BCUT2D eigenvalue weighted by atomic mass is 35.5. The van der Waals surface area contributed by atoms with Crippen LogP contribution in [0.3, 0.4) is 0 Å². The number of likely N-dealkylation sites (N-methyl/N-ethyl adjacent to an activating group) is 1. The molecule has 0 unspecified atom stereocenters. The van der Waals surface area contributed by atoms with Gasteiger partial charge in [-0.25, -0.2) is 0 Å². The fourth-order valence-electron chi connectivity index (χ4n) is 3.96. The summed E-state index contributed by atoms with van der Waals surface area (Å²) in [7, 11) is 5.75. The minimum atomic E-state index is 0.131. The number of amides is 1. The third-order valence-electron chi connectivity index (χ3n) is 5.64. The van der Waals surface area contributed by atoms with E-state index < -0.39 is 0 Å². The van der Waals surface area contributed by atoms with Crippen molar-refractivity contribution in [3.8, 4) is 16.9 Å². The molecular formula is C24H31ClN2O2. The van der Waals surface area contributed by atoms with Crippen molar-refractivity contribution in [3.63, 3.8) is 0 Å². The van der Waals surface area contributed by atoms with E-state index in [2.05, 4.69) is 11.0 Å². The van der Waals surface area contributed by atoms with E-state index in [0.29, 0.717) is 11.6 Å². The quantitative estimate of drug-likeness (QED) is 0.600. The Morgan fingerprint density at radius 2 is 1.72 bits per heavy atom.